The van der Waals surface area contributed by atoms with E-state index in [1.165, 1.54) is 17.7 Å². The first-order valence-electron chi connectivity index (χ1n) is 5.55. The van der Waals surface area contributed by atoms with Crippen LogP contribution < -0.4 is 11.3 Å². The minimum absolute atomic E-state index is 0.262. The van der Waals surface area contributed by atoms with Gasteiger partial charge in [-0.2, -0.15) is 0 Å². The maximum absolute atomic E-state index is 5.59. The van der Waals surface area contributed by atoms with Gasteiger partial charge in [0.05, 0.1) is 11.0 Å². The summed E-state index contributed by atoms with van der Waals surface area (Å²) in [6, 6.07) is 0.262. The maximum Gasteiger partial charge on any atom is 0.0897 e. The largest absolute Gasteiger partial charge is 0.271 e. The fourth-order valence-electron chi connectivity index (χ4n) is 1.82. The third-order valence-corrected chi connectivity index (χ3v) is 3.63. The van der Waals surface area contributed by atoms with Gasteiger partial charge in [0.1, 0.15) is 0 Å². The van der Waals surface area contributed by atoms with Crippen molar-refractivity contribution in [3.05, 3.63) is 16.1 Å². The lowest BCUT2D eigenvalue weighted by Gasteiger charge is -2.18. The van der Waals surface area contributed by atoms with E-state index in [9.17, 15) is 0 Å². The third-order valence-electron chi connectivity index (χ3n) is 2.60. The summed E-state index contributed by atoms with van der Waals surface area (Å²) >= 11 is 1.73. The molecule has 1 heterocycles. The predicted molar refractivity (Wildman–Crippen MR) is 65.6 cm³/mol. The third kappa shape index (κ3) is 3.89. The first-order chi connectivity index (χ1) is 7.17. The summed E-state index contributed by atoms with van der Waals surface area (Å²) in [7, 11) is 0. The quantitative estimate of drug-likeness (QED) is 0.580. The van der Waals surface area contributed by atoms with Gasteiger partial charge in [-0.25, -0.2) is 4.98 Å². The van der Waals surface area contributed by atoms with Crippen LogP contribution in [-0.4, -0.2) is 4.98 Å². The van der Waals surface area contributed by atoms with Crippen molar-refractivity contribution in [3.8, 4) is 0 Å². The summed E-state index contributed by atoms with van der Waals surface area (Å²) in [4.78, 5) is 5.51. The molecule has 0 aliphatic carbocycles. The molecule has 1 aromatic rings. The van der Waals surface area contributed by atoms with Crippen molar-refractivity contribution in [1.29, 1.82) is 0 Å². The number of aromatic nitrogens is 1. The highest BCUT2D eigenvalue weighted by Gasteiger charge is 2.15. The summed E-state index contributed by atoms with van der Waals surface area (Å²) < 4.78 is 0. The number of rotatable bonds is 6. The Hall–Kier alpha value is -0.450. The summed E-state index contributed by atoms with van der Waals surface area (Å²) in [5.41, 5.74) is 2.89. The molecule has 0 aromatic carbocycles. The number of aryl methyl sites for hydroxylation is 1. The van der Waals surface area contributed by atoms with Crippen molar-refractivity contribution in [2.24, 2.45) is 11.8 Å². The van der Waals surface area contributed by atoms with Crippen LogP contribution in [-0.2, 0) is 0 Å². The molecule has 86 valence electrons. The van der Waals surface area contributed by atoms with Gasteiger partial charge in [-0.05, 0) is 19.3 Å². The molecule has 3 N–H and O–H groups in total. The topological polar surface area (TPSA) is 50.9 Å². The van der Waals surface area contributed by atoms with E-state index in [1.54, 1.807) is 11.3 Å². The zero-order valence-corrected chi connectivity index (χ0v) is 10.6. The molecule has 0 saturated carbocycles. The van der Waals surface area contributed by atoms with Crippen LogP contribution in [0.1, 0.15) is 49.0 Å². The molecule has 1 rings (SSSR count). The molecule has 0 saturated heterocycles. The van der Waals surface area contributed by atoms with Crippen molar-refractivity contribution in [2.75, 3.05) is 0 Å². The number of nitrogens with two attached hydrogens (primary N) is 1. The number of hydrogen-bond donors (Lipinski definition) is 2. The second-order valence-electron chi connectivity index (χ2n) is 4.13. The zero-order chi connectivity index (χ0) is 11.3. The number of nitrogens with one attached hydrogen (secondary N) is 1. The highest BCUT2D eigenvalue weighted by Crippen LogP contribution is 2.26. The molecule has 0 amide bonds. The van der Waals surface area contributed by atoms with Crippen LogP contribution in [0, 0.1) is 12.8 Å². The Balaban J connectivity index is 2.56. The summed E-state index contributed by atoms with van der Waals surface area (Å²) in [6.45, 7) is 6.52. The molecule has 0 radical (unpaired) electrons. The molecule has 0 aliphatic rings. The monoisotopic (exact) mass is 227 g/mol. The summed E-state index contributed by atoms with van der Waals surface area (Å²) in [5.74, 6) is 6.29. The van der Waals surface area contributed by atoms with Gasteiger partial charge < -0.3 is 0 Å². The fourth-order valence-corrected chi connectivity index (χ4v) is 2.68. The highest BCUT2D eigenvalue weighted by atomic mass is 32.1. The molecule has 15 heavy (non-hydrogen) atoms. The maximum atomic E-state index is 5.59. The Kier molecular flexibility index (Phi) is 5.22. The lowest BCUT2D eigenvalue weighted by atomic mass is 9.97. The van der Waals surface area contributed by atoms with E-state index in [1.807, 2.05) is 13.1 Å². The second-order valence-corrected chi connectivity index (χ2v) is 5.40. The van der Waals surface area contributed by atoms with Crippen LogP contribution in [0.2, 0.25) is 0 Å². The normalized spacial score (nSPS) is 15.2. The molecular weight excluding hydrogens is 206 g/mol. The zero-order valence-electron chi connectivity index (χ0n) is 9.79. The molecular formula is C11H21N3S. The summed E-state index contributed by atoms with van der Waals surface area (Å²) in [6.07, 6.45) is 5.52. The van der Waals surface area contributed by atoms with E-state index in [0.29, 0.717) is 5.92 Å². The molecule has 2 unspecified atom stereocenters. The van der Waals surface area contributed by atoms with Crippen LogP contribution in [0.3, 0.4) is 0 Å². The second kappa shape index (κ2) is 6.20. The van der Waals surface area contributed by atoms with E-state index in [2.05, 4.69) is 24.3 Å². The number of hydrogen-bond acceptors (Lipinski definition) is 4. The van der Waals surface area contributed by atoms with Crippen molar-refractivity contribution >= 4 is 11.3 Å². The molecule has 2 atom stereocenters. The molecule has 0 bridgehead atoms. The number of nitrogens with zero attached hydrogens (tertiary/aromatic N) is 1. The van der Waals surface area contributed by atoms with Crippen LogP contribution in [0.15, 0.2) is 6.20 Å². The Morgan fingerprint density at radius 2 is 2.33 bits per heavy atom. The van der Waals surface area contributed by atoms with Gasteiger partial charge >= 0.3 is 0 Å². The van der Waals surface area contributed by atoms with Crippen LogP contribution >= 0.6 is 11.3 Å². The molecule has 0 fully saturated rings. The highest BCUT2D eigenvalue weighted by molar-refractivity contribution is 7.11. The van der Waals surface area contributed by atoms with Gasteiger partial charge in [0.15, 0.2) is 0 Å². The van der Waals surface area contributed by atoms with Gasteiger partial charge in [-0.15, -0.1) is 11.3 Å². The smallest absolute Gasteiger partial charge is 0.0897 e. The van der Waals surface area contributed by atoms with Crippen molar-refractivity contribution in [1.82, 2.24) is 10.4 Å². The Morgan fingerprint density at radius 1 is 1.60 bits per heavy atom. The summed E-state index contributed by atoms with van der Waals surface area (Å²) in [5, 5.41) is 1.10. The van der Waals surface area contributed by atoms with Crippen LogP contribution in [0.5, 0.6) is 0 Å². The first-order valence-corrected chi connectivity index (χ1v) is 6.37. The average molecular weight is 227 g/mol. The average Bonchev–Trinajstić information content (AvgIpc) is 2.61. The van der Waals surface area contributed by atoms with E-state index in [0.717, 1.165) is 11.4 Å². The van der Waals surface area contributed by atoms with Gasteiger partial charge in [-0.3, -0.25) is 11.3 Å². The van der Waals surface area contributed by atoms with E-state index in [-0.39, 0.29) is 6.04 Å². The van der Waals surface area contributed by atoms with Crippen LogP contribution in [0.25, 0.3) is 0 Å². The molecule has 4 heteroatoms. The standard InChI is InChI=1S/C11H21N3S/c1-4-5-8(2)6-10(14-12)11-7-13-9(3)15-11/h7-8,10,14H,4-6,12H2,1-3H3. The van der Waals surface area contributed by atoms with Gasteiger partial charge in [0.2, 0.25) is 0 Å². The molecule has 3 nitrogen and oxygen atoms in total. The minimum Gasteiger partial charge on any atom is -0.271 e. The molecule has 0 aliphatic heterocycles. The SMILES string of the molecule is CCCC(C)CC(NN)c1cnc(C)s1. The van der Waals surface area contributed by atoms with Crippen LogP contribution in [0.4, 0.5) is 0 Å². The van der Waals surface area contributed by atoms with E-state index >= 15 is 0 Å². The first kappa shape index (κ1) is 12.6. The van der Waals surface area contributed by atoms with E-state index < -0.39 is 0 Å². The lowest BCUT2D eigenvalue weighted by Crippen LogP contribution is -2.28. The van der Waals surface area contributed by atoms with Gasteiger partial charge in [0, 0.05) is 11.1 Å². The minimum atomic E-state index is 0.262. The van der Waals surface area contributed by atoms with Crippen molar-refractivity contribution in [2.45, 2.75) is 46.1 Å². The van der Waals surface area contributed by atoms with Crippen molar-refractivity contribution < 1.29 is 0 Å². The fraction of sp³-hybridized carbons (Fsp3) is 0.727. The van der Waals surface area contributed by atoms with Gasteiger partial charge in [-0.1, -0.05) is 26.7 Å². The Morgan fingerprint density at radius 3 is 2.80 bits per heavy atom. The predicted octanol–water partition coefficient (Wildman–Crippen LogP) is 2.78. The van der Waals surface area contributed by atoms with Crippen molar-refractivity contribution in [3.63, 3.8) is 0 Å². The molecule has 1 aromatic heterocycles. The number of thiazole rings is 1. The van der Waals surface area contributed by atoms with Gasteiger partial charge in [0.25, 0.3) is 0 Å². The lowest BCUT2D eigenvalue weighted by molar-refractivity contribution is 0.398. The number of hydrazine groups is 1. The Labute approximate surface area is 96.1 Å². The van der Waals surface area contributed by atoms with E-state index in [4.69, 9.17) is 5.84 Å². The Bertz CT molecular complexity index is 285. The molecule has 0 spiro atoms.